The number of aromatic hydroxyl groups is 1. The van der Waals surface area contributed by atoms with Crippen LogP contribution < -0.4 is 19.5 Å². The number of aromatic nitrogens is 1. The predicted molar refractivity (Wildman–Crippen MR) is 116 cm³/mol. The zero-order valence-electron chi connectivity index (χ0n) is 17.6. The van der Waals surface area contributed by atoms with Crippen molar-refractivity contribution in [2.75, 3.05) is 19.8 Å². The molecule has 30 heavy (non-hydrogen) atoms. The lowest BCUT2D eigenvalue weighted by Gasteiger charge is -2.19. The Hall–Kier alpha value is -3.12. The highest BCUT2D eigenvalue weighted by atomic mass is 16.5. The van der Waals surface area contributed by atoms with E-state index < -0.39 is 0 Å². The molecule has 0 saturated carbocycles. The number of phenols is 1. The smallest absolute Gasteiger partial charge is 0.163 e. The molecule has 0 radical (unpaired) electrons. The van der Waals surface area contributed by atoms with Crippen molar-refractivity contribution in [2.24, 2.45) is 0 Å². The monoisotopic (exact) mass is 408 g/mol. The number of hydrogen-bond acceptors (Lipinski definition) is 5. The summed E-state index contributed by atoms with van der Waals surface area (Å²) in [7, 11) is 0. The van der Waals surface area contributed by atoms with Gasteiger partial charge in [-0.05, 0) is 62.2 Å². The van der Waals surface area contributed by atoms with Gasteiger partial charge in [-0.15, -0.1) is 0 Å². The van der Waals surface area contributed by atoms with Gasteiger partial charge in [0.05, 0.1) is 31.5 Å². The van der Waals surface area contributed by atoms with Crippen LogP contribution in [0.15, 0.2) is 48.7 Å². The van der Waals surface area contributed by atoms with Gasteiger partial charge >= 0.3 is 0 Å². The molecule has 3 aromatic rings. The van der Waals surface area contributed by atoms with Crippen molar-refractivity contribution in [3.8, 4) is 28.7 Å². The standard InChI is InChI=1S/C24H28N2O4/c1-4-28-21-12-16(9-10-20(21)27)24-18-8-7-11-26(18)19-14-23(30-6-3)22(29-5-2)13-17(19)15-25-24/h7-14,24-25,27H,4-6,15H2,1-3H3/t24-/m1/s1. The van der Waals surface area contributed by atoms with E-state index in [-0.39, 0.29) is 11.8 Å². The number of rotatable bonds is 7. The Morgan fingerprint density at radius 2 is 1.63 bits per heavy atom. The number of hydrogen-bond donors (Lipinski definition) is 2. The first kappa shape index (κ1) is 20.2. The van der Waals surface area contributed by atoms with Gasteiger partial charge < -0.3 is 29.2 Å². The van der Waals surface area contributed by atoms with Gasteiger partial charge in [0.25, 0.3) is 0 Å². The highest BCUT2D eigenvalue weighted by molar-refractivity contribution is 5.57. The third-order valence-corrected chi connectivity index (χ3v) is 5.19. The largest absolute Gasteiger partial charge is 0.504 e. The molecule has 1 aliphatic rings. The van der Waals surface area contributed by atoms with E-state index in [0.717, 1.165) is 34.0 Å². The van der Waals surface area contributed by atoms with E-state index in [1.807, 2.05) is 39.0 Å². The van der Waals surface area contributed by atoms with Crippen LogP contribution in [0.2, 0.25) is 0 Å². The van der Waals surface area contributed by atoms with Crippen LogP contribution in [-0.4, -0.2) is 29.5 Å². The molecule has 2 aromatic carbocycles. The number of benzene rings is 2. The molecule has 0 bridgehead atoms. The normalized spacial score (nSPS) is 15.1. The summed E-state index contributed by atoms with van der Waals surface area (Å²) in [4.78, 5) is 0. The number of nitrogens with zero attached hydrogens (tertiary/aromatic N) is 1. The van der Waals surface area contributed by atoms with E-state index >= 15 is 0 Å². The summed E-state index contributed by atoms with van der Waals surface area (Å²) in [5, 5.41) is 13.8. The molecule has 4 rings (SSSR count). The lowest BCUT2D eigenvalue weighted by Crippen LogP contribution is -2.21. The first-order valence-corrected chi connectivity index (χ1v) is 10.4. The molecule has 0 unspecified atom stereocenters. The first-order chi connectivity index (χ1) is 14.7. The molecule has 6 nitrogen and oxygen atoms in total. The molecule has 2 heterocycles. The molecule has 1 atom stereocenters. The predicted octanol–water partition coefficient (Wildman–Crippen LogP) is 4.57. The minimum Gasteiger partial charge on any atom is -0.504 e. The van der Waals surface area contributed by atoms with Gasteiger partial charge in [0.1, 0.15) is 0 Å². The maximum absolute atomic E-state index is 10.1. The maximum Gasteiger partial charge on any atom is 0.163 e. The Kier molecular flexibility index (Phi) is 5.86. The first-order valence-electron chi connectivity index (χ1n) is 10.4. The number of phenolic OH excluding ortho intramolecular Hbond substituents is 1. The Morgan fingerprint density at radius 1 is 0.933 bits per heavy atom. The summed E-state index contributed by atoms with van der Waals surface area (Å²) in [5.41, 5.74) is 4.33. The summed E-state index contributed by atoms with van der Waals surface area (Å²) in [6.07, 6.45) is 2.06. The lowest BCUT2D eigenvalue weighted by molar-refractivity contribution is 0.287. The number of ether oxygens (including phenoxy) is 3. The summed E-state index contributed by atoms with van der Waals surface area (Å²) >= 11 is 0. The molecule has 0 amide bonds. The van der Waals surface area contributed by atoms with Crippen molar-refractivity contribution < 1.29 is 19.3 Å². The fraction of sp³-hybridized carbons (Fsp3) is 0.333. The third-order valence-electron chi connectivity index (χ3n) is 5.19. The maximum atomic E-state index is 10.1. The fourth-order valence-electron chi connectivity index (χ4n) is 3.93. The molecule has 1 aromatic heterocycles. The molecular weight excluding hydrogens is 380 g/mol. The molecule has 2 N–H and O–H groups in total. The molecule has 6 heteroatoms. The molecule has 158 valence electrons. The Morgan fingerprint density at radius 3 is 2.37 bits per heavy atom. The van der Waals surface area contributed by atoms with Gasteiger partial charge in [0, 0.05) is 24.5 Å². The molecule has 0 saturated heterocycles. The summed E-state index contributed by atoms with van der Waals surface area (Å²) in [5.74, 6) is 2.15. The van der Waals surface area contributed by atoms with Gasteiger partial charge in [-0.25, -0.2) is 0 Å². The van der Waals surface area contributed by atoms with Crippen LogP contribution in [0, 0.1) is 0 Å². The van der Waals surface area contributed by atoms with Gasteiger partial charge in [0.15, 0.2) is 23.0 Å². The van der Waals surface area contributed by atoms with E-state index in [0.29, 0.717) is 32.1 Å². The van der Waals surface area contributed by atoms with Crippen molar-refractivity contribution in [1.29, 1.82) is 0 Å². The lowest BCUT2D eigenvalue weighted by atomic mass is 10.0. The molecule has 0 aliphatic carbocycles. The van der Waals surface area contributed by atoms with Crippen LogP contribution in [0.3, 0.4) is 0 Å². The topological polar surface area (TPSA) is 64.9 Å². The van der Waals surface area contributed by atoms with E-state index in [1.54, 1.807) is 6.07 Å². The number of nitrogens with one attached hydrogen (secondary N) is 1. The summed E-state index contributed by atoms with van der Waals surface area (Å²) in [6.45, 7) is 8.17. The Balaban J connectivity index is 1.79. The van der Waals surface area contributed by atoms with Crippen molar-refractivity contribution in [3.63, 3.8) is 0 Å². The van der Waals surface area contributed by atoms with Crippen LogP contribution in [0.4, 0.5) is 0 Å². The van der Waals surface area contributed by atoms with Crippen molar-refractivity contribution >= 4 is 0 Å². The molecule has 1 aliphatic heterocycles. The Labute approximate surface area is 177 Å². The van der Waals surface area contributed by atoms with E-state index in [1.165, 1.54) is 0 Å². The zero-order chi connectivity index (χ0) is 21.1. The van der Waals surface area contributed by atoms with Crippen LogP contribution in [0.1, 0.15) is 43.6 Å². The molecule has 0 spiro atoms. The average molecular weight is 408 g/mol. The Bertz CT molecular complexity index is 1030. The highest BCUT2D eigenvalue weighted by Gasteiger charge is 2.25. The second-order valence-corrected chi connectivity index (χ2v) is 7.07. The van der Waals surface area contributed by atoms with E-state index in [4.69, 9.17) is 14.2 Å². The number of fused-ring (bicyclic) bond motifs is 3. The van der Waals surface area contributed by atoms with Crippen molar-refractivity contribution in [3.05, 3.63) is 65.5 Å². The van der Waals surface area contributed by atoms with Crippen molar-refractivity contribution in [2.45, 2.75) is 33.4 Å². The van der Waals surface area contributed by atoms with Crippen LogP contribution >= 0.6 is 0 Å². The quantitative estimate of drug-likeness (QED) is 0.599. The molecular formula is C24H28N2O4. The fourth-order valence-corrected chi connectivity index (χ4v) is 3.93. The van der Waals surface area contributed by atoms with Crippen LogP contribution in [-0.2, 0) is 6.54 Å². The summed E-state index contributed by atoms with van der Waals surface area (Å²) in [6, 6.07) is 13.7. The summed E-state index contributed by atoms with van der Waals surface area (Å²) < 4.78 is 19.5. The minimum atomic E-state index is -0.0571. The van der Waals surface area contributed by atoms with Crippen molar-refractivity contribution in [1.82, 2.24) is 9.88 Å². The highest BCUT2D eigenvalue weighted by Crippen LogP contribution is 2.38. The average Bonchev–Trinajstić information content (AvgIpc) is 3.16. The zero-order valence-corrected chi connectivity index (χ0v) is 17.6. The van der Waals surface area contributed by atoms with Crippen LogP contribution in [0.25, 0.3) is 5.69 Å². The SMILES string of the molecule is CCOc1cc([C@H]2NCc3cc(OCC)c(OCC)cc3-n3cccc32)ccc1O. The second-order valence-electron chi connectivity index (χ2n) is 7.07. The molecule has 0 fully saturated rings. The van der Waals surface area contributed by atoms with E-state index in [2.05, 4.69) is 34.3 Å². The van der Waals surface area contributed by atoms with Gasteiger partial charge in [-0.1, -0.05) is 6.07 Å². The van der Waals surface area contributed by atoms with Crippen LogP contribution in [0.5, 0.6) is 23.0 Å². The van der Waals surface area contributed by atoms with Gasteiger partial charge in [-0.2, -0.15) is 0 Å². The minimum absolute atomic E-state index is 0.0571. The second kappa shape index (κ2) is 8.71. The van der Waals surface area contributed by atoms with Gasteiger partial charge in [0.2, 0.25) is 0 Å². The third kappa shape index (κ3) is 3.71. The van der Waals surface area contributed by atoms with Gasteiger partial charge in [-0.3, -0.25) is 0 Å². The van der Waals surface area contributed by atoms with E-state index in [9.17, 15) is 5.11 Å².